The molecule has 1 heterocycles. The van der Waals surface area contributed by atoms with Crippen molar-refractivity contribution in [3.05, 3.63) is 35.9 Å². The van der Waals surface area contributed by atoms with Gasteiger partial charge in [-0.05, 0) is 37.8 Å². The highest BCUT2D eigenvalue weighted by atomic mass is 16.2. The van der Waals surface area contributed by atoms with Crippen LogP contribution in [0.5, 0.6) is 0 Å². The van der Waals surface area contributed by atoms with E-state index in [1.54, 1.807) is 0 Å². The van der Waals surface area contributed by atoms with Gasteiger partial charge in [0, 0.05) is 12.6 Å². The Morgan fingerprint density at radius 1 is 1.27 bits per heavy atom. The van der Waals surface area contributed by atoms with Gasteiger partial charge in [0.15, 0.2) is 0 Å². The number of nitrogens with one attached hydrogen (secondary N) is 1. The van der Waals surface area contributed by atoms with Crippen LogP contribution >= 0.6 is 0 Å². The van der Waals surface area contributed by atoms with Gasteiger partial charge in [0.2, 0.25) is 11.8 Å². The van der Waals surface area contributed by atoms with E-state index in [2.05, 4.69) is 5.32 Å². The summed E-state index contributed by atoms with van der Waals surface area (Å²) >= 11 is 0. The first-order valence-corrected chi connectivity index (χ1v) is 7.97. The topological polar surface area (TPSA) is 75.4 Å². The fourth-order valence-electron chi connectivity index (χ4n) is 3.39. The van der Waals surface area contributed by atoms with Crippen LogP contribution in [0.1, 0.15) is 31.2 Å². The molecular formula is C17H23N3O2. The number of likely N-dealkylation sites (tertiary alicyclic amines) is 1. The molecule has 2 fully saturated rings. The fraction of sp³-hybridized carbons (Fsp3) is 0.529. The molecule has 0 aromatic heterocycles. The highest BCUT2D eigenvalue weighted by Crippen LogP contribution is 2.48. The summed E-state index contributed by atoms with van der Waals surface area (Å²) in [5, 5.41) is 3.19. The molecule has 1 aliphatic heterocycles. The summed E-state index contributed by atoms with van der Waals surface area (Å²) in [6, 6.07) is 10.1. The minimum atomic E-state index is -0.326. The second kappa shape index (κ2) is 6.08. The van der Waals surface area contributed by atoms with Crippen molar-refractivity contribution < 1.29 is 9.59 Å². The molecule has 5 heteroatoms. The molecule has 2 aliphatic rings. The van der Waals surface area contributed by atoms with E-state index in [1.165, 1.54) is 0 Å². The normalized spacial score (nSPS) is 23.7. The van der Waals surface area contributed by atoms with Crippen LogP contribution in [0.25, 0.3) is 0 Å². The molecule has 118 valence electrons. The Bertz CT molecular complexity index is 554. The molecular weight excluding hydrogens is 278 g/mol. The first-order valence-electron chi connectivity index (χ1n) is 7.97. The third-order valence-electron chi connectivity index (χ3n) is 4.73. The second-order valence-electron chi connectivity index (χ2n) is 6.46. The maximum absolute atomic E-state index is 12.7. The van der Waals surface area contributed by atoms with Gasteiger partial charge in [-0.3, -0.25) is 14.5 Å². The number of hydrogen-bond acceptors (Lipinski definition) is 3. The Labute approximate surface area is 130 Å². The number of nitrogens with zero attached hydrogens (tertiary/aromatic N) is 1. The number of carbonyl (C=O) groups excluding carboxylic acids is 2. The van der Waals surface area contributed by atoms with Crippen LogP contribution in [0, 0.1) is 0 Å². The Morgan fingerprint density at radius 2 is 2.00 bits per heavy atom. The van der Waals surface area contributed by atoms with Gasteiger partial charge in [-0.25, -0.2) is 0 Å². The van der Waals surface area contributed by atoms with Crippen molar-refractivity contribution in [1.29, 1.82) is 0 Å². The summed E-state index contributed by atoms with van der Waals surface area (Å²) in [6.07, 6.45) is 3.78. The molecule has 3 rings (SSSR count). The highest BCUT2D eigenvalue weighted by Gasteiger charge is 2.51. The van der Waals surface area contributed by atoms with Crippen molar-refractivity contribution in [2.45, 2.75) is 37.1 Å². The summed E-state index contributed by atoms with van der Waals surface area (Å²) in [5.74, 6) is -0.181. The number of piperidine rings is 1. The zero-order valence-corrected chi connectivity index (χ0v) is 12.8. The lowest BCUT2D eigenvalue weighted by molar-refractivity contribution is -0.124. The van der Waals surface area contributed by atoms with Crippen LogP contribution in [0.3, 0.4) is 0 Å². The first-order chi connectivity index (χ1) is 10.6. The van der Waals surface area contributed by atoms with Crippen LogP contribution in [0.4, 0.5) is 0 Å². The minimum Gasteiger partial charge on any atom is -0.369 e. The van der Waals surface area contributed by atoms with Crippen LogP contribution in [0.2, 0.25) is 0 Å². The van der Waals surface area contributed by atoms with Gasteiger partial charge in [-0.15, -0.1) is 0 Å². The van der Waals surface area contributed by atoms with Crippen molar-refractivity contribution in [3.8, 4) is 0 Å². The molecule has 1 aromatic rings. The number of primary amides is 1. The number of carbonyl (C=O) groups is 2. The van der Waals surface area contributed by atoms with Crippen molar-refractivity contribution >= 4 is 11.8 Å². The molecule has 1 saturated heterocycles. The van der Waals surface area contributed by atoms with E-state index in [0.717, 1.165) is 37.8 Å². The molecule has 0 bridgehead atoms. The van der Waals surface area contributed by atoms with Gasteiger partial charge in [-0.1, -0.05) is 30.3 Å². The largest absolute Gasteiger partial charge is 0.369 e. The van der Waals surface area contributed by atoms with Gasteiger partial charge in [0.25, 0.3) is 0 Å². The van der Waals surface area contributed by atoms with Gasteiger partial charge >= 0.3 is 0 Å². The Hall–Kier alpha value is -1.88. The van der Waals surface area contributed by atoms with Gasteiger partial charge in [0.05, 0.1) is 12.0 Å². The lowest BCUT2D eigenvalue weighted by Crippen LogP contribution is -2.51. The van der Waals surface area contributed by atoms with Crippen LogP contribution in [-0.4, -0.2) is 42.4 Å². The average molecular weight is 301 g/mol. The predicted molar refractivity (Wildman–Crippen MR) is 84.2 cm³/mol. The summed E-state index contributed by atoms with van der Waals surface area (Å²) in [5.41, 5.74) is 6.04. The maximum atomic E-state index is 12.7. The molecule has 5 nitrogen and oxygen atoms in total. The molecule has 3 N–H and O–H groups in total. The van der Waals surface area contributed by atoms with E-state index < -0.39 is 0 Å². The number of amides is 2. The Morgan fingerprint density at radius 3 is 2.64 bits per heavy atom. The SMILES string of the molecule is NC(=O)CN1CCC[C@@H](NC(=O)C2(c3ccccc3)CC2)C1. The standard InChI is InChI=1S/C17H23N3O2/c18-15(21)12-20-10-4-7-14(11-20)19-16(22)17(8-9-17)13-5-2-1-3-6-13/h1-3,5-6,14H,4,7-12H2,(H2,18,21)(H,19,22)/t14-/m1/s1. The maximum Gasteiger partial charge on any atom is 0.231 e. The highest BCUT2D eigenvalue weighted by molar-refractivity contribution is 5.91. The van der Waals surface area contributed by atoms with E-state index in [9.17, 15) is 9.59 Å². The van der Waals surface area contributed by atoms with Crippen molar-refractivity contribution in [3.63, 3.8) is 0 Å². The predicted octanol–water partition coefficient (Wildman–Crippen LogP) is 0.784. The number of hydrogen-bond donors (Lipinski definition) is 2. The van der Waals surface area contributed by atoms with E-state index in [-0.39, 0.29) is 29.8 Å². The van der Waals surface area contributed by atoms with Crippen LogP contribution < -0.4 is 11.1 Å². The molecule has 1 saturated carbocycles. The fourth-order valence-corrected chi connectivity index (χ4v) is 3.39. The molecule has 0 spiro atoms. The average Bonchev–Trinajstić information content (AvgIpc) is 3.29. The van der Waals surface area contributed by atoms with Crippen LogP contribution in [0.15, 0.2) is 30.3 Å². The monoisotopic (exact) mass is 301 g/mol. The molecule has 0 unspecified atom stereocenters. The Kier molecular flexibility index (Phi) is 4.16. The summed E-state index contributed by atoms with van der Waals surface area (Å²) < 4.78 is 0. The lowest BCUT2D eigenvalue weighted by Gasteiger charge is -2.33. The third-order valence-corrected chi connectivity index (χ3v) is 4.73. The van der Waals surface area contributed by atoms with E-state index in [0.29, 0.717) is 6.54 Å². The van der Waals surface area contributed by atoms with Crippen molar-refractivity contribution in [2.75, 3.05) is 19.6 Å². The minimum absolute atomic E-state index is 0.113. The molecule has 1 atom stereocenters. The number of rotatable bonds is 5. The van der Waals surface area contributed by atoms with E-state index >= 15 is 0 Å². The summed E-state index contributed by atoms with van der Waals surface area (Å²) in [7, 11) is 0. The number of nitrogens with two attached hydrogens (primary N) is 1. The smallest absolute Gasteiger partial charge is 0.231 e. The lowest BCUT2D eigenvalue weighted by atomic mass is 9.94. The summed E-state index contributed by atoms with van der Waals surface area (Å²) in [6.45, 7) is 1.86. The van der Waals surface area contributed by atoms with E-state index in [4.69, 9.17) is 5.73 Å². The summed E-state index contributed by atoms with van der Waals surface area (Å²) in [4.78, 5) is 25.8. The second-order valence-corrected chi connectivity index (χ2v) is 6.46. The molecule has 22 heavy (non-hydrogen) atoms. The van der Waals surface area contributed by atoms with Gasteiger partial charge in [0.1, 0.15) is 0 Å². The van der Waals surface area contributed by atoms with Crippen molar-refractivity contribution in [2.24, 2.45) is 5.73 Å². The molecule has 2 amide bonds. The quantitative estimate of drug-likeness (QED) is 0.844. The van der Waals surface area contributed by atoms with E-state index in [1.807, 2.05) is 35.2 Å². The number of benzene rings is 1. The van der Waals surface area contributed by atoms with Crippen LogP contribution in [-0.2, 0) is 15.0 Å². The Balaban J connectivity index is 1.61. The zero-order chi connectivity index (χ0) is 15.6. The molecule has 1 aliphatic carbocycles. The van der Waals surface area contributed by atoms with Gasteiger partial charge in [-0.2, -0.15) is 0 Å². The molecule has 0 radical (unpaired) electrons. The van der Waals surface area contributed by atoms with Gasteiger partial charge < -0.3 is 11.1 Å². The molecule has 1 aromatic carbocycles. The van der Waals surface area contributed by atoms with Crippen molar-refractivity contribution in [1.82, 2.24) is 10.2 Å². The first kappa shape index (κ1) is 15.0. The third kappa shape index (κ3) is 3.14. The zero-order valence-electron chi connectivity index (χ0n) is 12.8.